The smallest absolute Gasteiger partial charge is 0.223 e. The highest BCUT2D eigenvalue weighted by molar-refractivity contribution is 5.70. The molecule has 1 atom stereocenters. The van der Waals surface area contributed by atoms with Crippen molar-refractivity contribution in [2.24, 2.45) is 11.1 Å². The summed E-state index contributed by atoms with van der Waals surface area (Å²) in [6, 6.07) is 11.1. The number of hydrogen-bond acceptors (Lipinski definition) is 6. The van der Waals surface area contributed by atoms with E-state index < -0.39 is 11.4 Å². The molecule has 3 aromatic rings. The fourth-order valence-corrected chi connectivity index (χ4v) is 4.57. The number of halogens is 1. The maximum Gasteiger partial charge on any atom is 0.223 e. The Bertz CT molecular complexity index is 1390. The minimum absolute atomic E-state index is 0.126. The summed E-state index contributed by atoms with van der Waals surface area (Å²) in [4.78, 5) is 8.37. The summed E-state index contributed by atoms with van der Waals surface area (Å²) in [5.41, 5.74) is 9.13. The first kappa shape index (κ1) is 19.8. The summed E-state index contributed by atoms with van der Waals surface area (Å²) in [6.45, 7) is 3.89. The number of rotatable bonds is 1. The Hall–Kier alpha value is -3.89. The first-order valence-electron chi connectivity index (χ1n) is 10.7. The minimum Gasteiger partial charge on any atom is -0.438 e. The molecule has 3 aliphatic rings. The summed E-state index contributed by atoms with van der Waals surface area (Å²) in [5, 5.41) is 3.24. The van der Waals surface area contributed by atoms with Crippen LogP contribution in [0, 0.1) is 23.2 Å². The van der Waals surface area contributed by atoms with Crippen LogP contribution in [-0.4, -0.2) is 29.7 Å². The van der Waals surface area contributed by atoms with Gasteiger partial charge in [-0.05, 0) is 48.9 Å². The van der Waals surface area contributed by atoms with Crippen LogP contribution in [0.4, 0.5) is 4.39 Å². The highest BCUT2D eigenvalue weighted by atomic mass is 19.1. The van der Waals surface area contributed by atoms with E-state index in [1.165, 1.54) is 6.20 Å². The fourth-order valence-electron chi connectivity index (χ4n) is 4.57. The Labute approximate surface area is 190 Å². The third-order valence-corrected chi connectivity index (χ3v) is 6.39. The fraction of sp³-hybridized carbons (Fsp3) is 0.231. The Balaban J connectivity index is 1.50. The second-order valence-electron chi connectivity index (χ2n) is 8.96. The lowest BCUT2D eigenvalue weighted by Crippen LogP contribution is -2.38. The number of fused-ring (bicyclic) bond motifs is 4. The molecule has 3 aliphatic heterocycles. The van der Waals surface area contributed by atoms with Crippen LogP contribution in [0.1, 0.15) is 23.6 Å². The first-order chi connectivity index (χ1) is 16.0. The van der Waals surface area contributed by atoms with Gasteiger partial charge in [0.05, 0.1) is 29.9 Å². The predicted octanol–water partition coefficient (Wildman–Crippen LogP) is 3.47. The number of nitrogens with one attached hydrogen (secondary N) is 1. The quantitative estimate of drug-likeness (QED) is 0.446. The molecule has 1 fully saturated rings. The van der Waals surface area contributed by atoms with Crippen LogP contribution >= 0.6 is 0 Å². The molecule has 6 nitrogen and oxygen atoms in total. The number of hydrogen-bond donors (Lipinski definition) is 2. The lowest BCUT2D eigenvalue weighted by Gasteiger charge is -2.35. The van der Waals surface area contributed by atoms with E-state index in [4.69, 9.17) is 15.2 Å². The standard InChI is InChI=1S/C26H21FN4O2/c1-25(14-32-15-25)7-6-16-9-20-24(30-12-16)33-21-5-4-17(18-3-2-8-29-23(18)27)10-19(21)26(20)11-22(28)31-13-26/h2-5,8-12,31H,13-15,28H2,1H3/t26-/m0/s1. The Morgan fingerprint density at radius 3 is 2.76 bits per heavy atom. The molecule has 1 spiro atoms. The molecule has 5 heterocycles. The van der Waals surface area contributed by atoms with Gasteiger partial charge in [-0.1, -0.05) is 17.9 Å². The SMILES string of the molecule is CC1(C#Cc2cnc3c(c2)[C@]2(C=C(N)NC2)c2cc(-c4cccnc4F)ccc2O3)COC1. The molecule has 6 rings (SSSR count). The van der Waals surface area contributed by atoms with Crippen molar-refractivity contribution in [3.63, 3.8) is 0 Å². The molecule has 164 valence electrons. The highest BCUT2D eigenvalue weighted by Crippen LogP contribution is 2.50. The molecule has 1 aromatic carbocycles. The zero-order valence-electron chi connectivity index (χ0n) is 18.0. The number of aromatic nitrogens is 2. The maximum absolute atomic E-state index is 14.4. The van der Waals surface area contributed by atoms with Gasteiger partial charge in [0.1, 0.15) is 5.75 Å². The first-order valence-corrected chi connectivity index (χ1v) is 10.7. The topological polar surface area (TPSA) is 82.3 Å². The predicted molar refractivity (Wildman–Crippen MR) is 121 cm³/mol. The zero-order valence-corrected chi connectivity index (χ0v) is 18.0. The summed E-state index contributed by atoms with van der Waals surface area (Å²) in [5.74, 6) is 7.78. The molecular formula is C26H21FN4O2. The van der Waals surface area contributed by atoms with E-state index in [1.807, 2.05) is 30.3 Å². The number of pyridine rings is 2. The molecule has 0 amide bonds. The van der Waals surface area contributed by atoms with Crippen molar-refractivity contribution in [3.05, 3.63) is 83.3 Å². The number of ether oxygens (including phenoxy) is 2. The summed E-state index contributed by atoms with van der Waals surface area (Å²) >= 11 is 0. The maximum atomic E-state index is 14.4. The monoisotopic (exact) mass is 440 g/mol. The van der Waals surface area contributed by atoms with Gasteiger partial charge in [-0.15, -0.1) is 0 Å². The van der Waals surface area contributed by atoms with E-state index in [9.17, 15) is 4.39 Å². The van der Waals surface area contributed by atoms with Gasteiger partial charge in [-0.25, -0.2) is 9.97 Å². The molecule has 3 N–H and O–H groups in total. The van der Waals surface area contributed by atoms with Crippen LogP contribution in [0.2, 0.25) is 0 Å². The van der Waals surface area contributed by atoms with Crippen LogP contribution in [0.15, 0.2) is 60.7 Å². The molecule has 0 bridgehead atoms. The Kier molecular flexibility index (Phi) is 4.23. The summed E-state index contributed by atoms with van der Waals surface area (Å²) in [6.07, 6.45) is 5.14. The van der Waals surface area contributed by atoms with Crippen molar-refractivity contribution in [3.8, 4) is 34.6 Å². The molecule has 7 heteroatoms. The zero-order chi connectivity index (χ0) is 22.6. The van der Waals surface area contributed by atoms with Gasteiger partial charge in [-0.3, -0.25) is 0 Å². The van der Waals surface area contributed by atoms with Gasteiger partial charge in [0.15, 0.2) is 0 Å². The second kappa shape index (κ2) is 7.06. The van der Waals surface area contributed by atoms with E-state index in [0.29, 0.717) is 48.3 Å². The van der Waals surface area contributed by atoms with Gasteiger partial charge >= 0.3 is 0 Å². The van der Waals surface area contributed by atoms with Gasteiger partial charge in [-0.2, -0.15) is 4.39 Å². The molecule has 33 heavy (non-hydrogen) atoms. The molecule has 1 saturated heterocycles. The second-order valence-corrected chi connectivity index (χ2v) is 8.96. The van der Waals surface area contributed by atoms with E-state index in [0.717, 1.165) is 16.7 Å². The third-order valence-electron chi connectivity index (χ3n) is 6.39. The minimum atomic E-state index is -0.615. The largest absolute Gasteiger partial charge is 0.438 e. The van der Waals surface area contributed by atoms with Crippen LogP contribution in [0.25, 0.3) is 11.1 Å². The average Bonchev–Trinajstić information content (AvgIpc) is 3.19. The van der Waals surface area contributed by atoms with Crippen LogP contribution < -0.4 is 15.8 Å². The van der Waals surface area contributed by atoms with E-state index in [-0.39, 0.29) is 5.41 Å². The molecular weight excluding hydrogens is 419 g/mol. The number of benzene rings is 1. The third kappa shape index (κ3) is 3.14. The van der Waals surface area contributed by atoms with E-state index >= 15 is 0 Å². The average molecular weight is 440 g/mol. The van der Waals surface area contributed by atoms with Crippen LogP contribution in [-0.2, 0) is 10.2 Å². The summed E-state index contributed by atoms with van der Waals surface area (Å²) < 4.78 is 25.9. The Morgan fingerprint density at radius 2 is 2.03 bits per heavy atom. The van der Waals surface area contributed by atoms with Crippen LogP contribution in [0.5, 0.6) is 11.6 Å². The number of nitrogens with two attached hydrogens (primary N) is 1. The van der Waals surface area contributed by atoms with Crippen molar-refractivity contribution in [2.75, 3.05) is 19.8 Å². The van der Waals surface area contributed by atoms with Crippen molar-refractivity contribution in [2.45, 2.75) is 12.3 Å². The van der Waals surface area contributed by atoms with Crippen molar-refractivity contribution in [1.82, 2.24) is 15.3 Å². The summed E-state index contributed by atoms with van der Waals surface area (Å²) in [7, 11) is 0. The lowest BCUT2D eigenvalue weighted by atomic mass is 9.73. The Morgan fingerprint density at radius 1 is 1.15 bits per heavy atom. The van der Waals surface area contributed by atoms with E-state index in [1.54, 1.807) is 18.3 Å². The van der Waals surface area contributed by atoms with Gasteiger partial charge < -0.3 is 20.5 Å². The molecule has 0 unspecified atom stereocenters. The van der Waals surface area contributed by atoms with Crippen LogP contribution in [0.3, 0.4) is 0 Å². The number of nitrogens with zero attached hydrogens (tertiary/aromatic N) is 2. The molecule has 2 aromatic heterocycles. The van der Waals surface area contributed by atoms with Gasteiger partial charge in [0.25, 0.3) is 0 Å². The van der Waals surface area contributed by atoms with Gasteiger partial charge in [0, 0.05) is 41.2 Å². The lowest BCUT2D eigenvalue weighted by molar-refractivity contribution is -0.0648. The van der Waals surface area contributed by atoms with Crippen molar-refractivity contribution in [1.29, 1.82) is 0 Å². The van der Waals surface area contributed by atoms with Gasteiger partial charge in [0.2, 0.25) is 11.8 Å². The molecule has 0 radical (unpaired) electrons. The highest BCUT2D eigenvalue weighted by Gasteiger charge is 2.44. The molecule has 0 saturated carbocycles. The van der Waals surface area contributed by atoms with Crippen molar-refractivity contribution < 1.29 is 13.9 Å². The van der Waals surface area contributed by atoms with Crippen molar-refractivity contribution >= 4 is 0 Å². The molecule has 0 aliphatic carbocycles. The normalized spacial score (nSPS) is 21.5. The van der Waals surface area contributed by atoms with E-state index in [2.05, 4.69) is 34.0 Å².